The molecule has 0 unspecified atom stereocenters. The van der Waals surface area contributed by atoms with Crippen molar-refractivity contribution in [3.8, 4) is 0 Å². The number of sulfonamides is 1. The second-order valence-electron chi connectivity index (χ2n) is 5.65. The van der Waals surface area contributed by atoms with Gasteiger partial charge in [-0.2, -0.15) is 9.40 Å². The van der Waals surface area contributed by atoms with Crippen LogP contribution in [0.3, 0.4) is 0 Å². The molecule has 8 heteroatoms. The third kappa shape index (κ3) is 2.57. The lowest BCUT2D eigenvalue weighted by atomic mass is 9.99. The Kier molecular flexibility index (Phi) is 3.75. The second kappa shape index (κ2) is 5.42. The van der Waals surface area contributed by atoms with Crippen molar-refractivity contribution in [2.75, 3.05) is 13.1 Å². The lowest BCUT2D eigenvalue weighted by molar-refractivity contribution is -0.142. The van der Waals surface area contributed by atoms with Gasteiger partial charge in [-0.25, -0.2) is 8.42 Å². The van der Waals surface area contributed by atoms with Gasteiger partial charge in [0, 0.05) is 19.6 Å². The summed E-state index contributed by atoms with van der Waals surface area (Å²) >= 11 is 0. The molecule has 0 radical (unpaired) electrons. The van der Waals surface area contributed by atoms with Gasteiger partial charge >= 0.3 is 5.97 Å². The fourth-order valence-electron chi connectivity index (χ4n) is 3.09. The van der Waals surface area contributed by atoms with Crippen LogP contribution < -0.4 is 0 Å². The fourth-order valence-corrected chi connectivity index (χ4v) is 4.75. The van der Waals surface area contributed by atoms with Crippen LogP contribution in [0.1, 0.15) is 31.4 Å². The molecule has 3 rings (SSSR count). The molecule has 0 spiro atoms. The van der Waals surface area contributed by atoms with E-state index >= 15 is 0 Å². The highest BCUT2D eigenvalue weighted by molar-refractivity contribution is 7.89. The van der Waals surface area contributed by atoms with Gasteiger partial charge in [0.2, 0.25) is 10.0 Å². The van der Waals surface area contributed by atoms with Crippen molar-refractivity contribution < 1.29 is 18.3 Å². The van der Waals surface area contributed by atoms with Gasteiger partial charge < -0.3 is 5.11 Å². The van der Waals surface area contributed by atoms with E-state index in [4.69, 9.17) is 5.11 Å². The first-order valence-corrected chi connectivity index (χ1v) is 8.72. The van der Waals surface area contributed by atoms with E-state index in [1.165, 1.54) is 10.5 Å². The van der Waals surface area contributed by atoms with Crippen LogP contribution in [-0.2, 0) is 27.8 Å². The monoisotopic (exact) mass is 313 g/mol. The van der Waals surface area contributed by atoms with Gasteiger partial charge in [-0.15, -0.1) is 0 Å². The van der Waals surface area contributed by atoms with Crippen molar-refractivity contribution in [1.82, 2.24) is 14.1 Å². The summed E-state index contributed by atoms with van der Waals surface area (Å²) in [5.41, 5.74) is 0.793. The minimum atomic E-state index is -3.55. The average Bonchev–Trinajstić information content (AvgIpc) is 2.92. The van der Waals surface area contributed by atoms with Gasteiger partial charge in [-0.3, -0.25) is 9.48 Å². The van der Waals surface area contributed by atoms with E-state index in [-0.39, 0.29) is 13.1 Å². The predicted molar refractivity (Wildman–Crippen MR) is 74.3 cm³/mol. The van der Waals surface area contributed by atoms with E-state index in [2.05, 4.69) is 5.10 Å². The SMILES string of the molecule is O=C(O)C1CCN(S(=O)(=O)c2cnn3c2CCCC3)CC1. The van der Waals surface area contributed by atoms with Crippen LogP contribution >= 0.6 is 0 Å². The van der Waals surface area contributed by atoms with E-state index in [0.29, 0.717) is 17.7 Å². The number of aromatic nitrogens is 2. The third-order valence-corrected chi connectivity index (χ3v) is 6.31. The summed E-state index contributed by atoms with van der Waals surface area (Å²) in [6, 6.07) is 0. The van der Waals surface area contributed by atoms with E-state index in [9.17, 15) is 13.2 Å². The van der Waals surface area contributed by atoms with Crippen LogP contribution in [0.2, 0.25) is 0 Å². The number of hydrogen-bond donors (Lipinski definition) is 1. The van der Waals surface area contributed by atoms with Crippen molar-refractivity contribution in [2.24, 2.45) is 5.92 Å². The molecule has 7 nitrogen and oxygen atoms in total. The summed E-state index contributed by atoms with van der Waals surface area (Å²) in [4.78, 5) is 11.3. The van der Waals surface area contributed by atoms with Crippen LogP contribution in [0.4, 0.5) is 0 Å². The standard InChI is InChI=1S/C13H19N3O4S/c17-13(18)10-4-7-15(8-5-10)21(19,20)12-9-14-16-6-2-1-3-11(12)16/h9-10H,1-8H2,(H,17,18). The maximum absolute atomic E-state index is 12.7. The number of carbonyl (C=O) groups is 1. The number of rotatable bonds is 3. The molecule has 1 aromatic heterocycles. The molecule has 3 heterocycles. The summed E-state index contributed by atoms with van der Waals surface area (Å²) in [5, 5.41) is 13.2. The summed E-state index contributed by atoms with van der Waals surface area (Å²) in [6.45, 7) is 1.31. The average molecular weight is 313 g/mol. The summed E-state index contributed by atoms with van der Waals surface area (Å²) in [6.07, 6.45) is 4.93. The number of aryl methyl sites for hydroxylation is 1. The minimum Gasteiger partial charge on any atom is -0.481 e. The van der Waals surface area contributed by atoms with Crippen molar-refractivity contribution >= 4 is 16.0 Å². The van der Waals surface area contributed by atoms with E-state index < -0.39 is 21.9 Å². The van der Waals surface area contributed by atoms with Crippen LogP contribution in [0.15, 0.2) is 11.1 Å². The molecule has 0 aliphatic carbocycles. The van der Waals surface area contributed by atoms with E-state index in [1.807, 2.05) is 0 Å². The highest BCUT2D eigenvalue weighted by Crippen LogP contribution is 2.28. The number of nitrogens with zero attached hydrogens (tertiary/aromatic N) is 3. The Morgan fingerprint density at radius 2 is 1.95 bits per heavy atom. The molecule has 2 aliphatic rings. The van der Waals surface area contributed by atoms with Gasteiger partial charge in [0.05, 0.1) is 17.8 Å². The predicted octanol–water partition coefficient (Wildman–Crippen LogP) is 0.705. The normalized spacial score (nSPS) is 21.1. The Bertz CT molecular complexity index is 644. The number of hydrogen-bond acceptors (Lipinski definition) is 4. The number of aliphatic carboxylic acids is 1. The van der Waals surface area contributed by atoms with Crippen LogP contribution in [0.25, 0.3) is 0 Å². The Morgan fingerprint density at radius 1 is 1.24 bits per heavy atom. The van der Waals surface area contributed by atoms with Crippen molar-refractivity contribution in [1.29, 1.82) is 0 Å². The van der Waals surface area contributed by atoms with Gasteiger partial charge in [-0.05, 0) is 32.1 Å². The van der Waals surface area contributed by atoms with E-state index in [1.54, 1.807) is 4.68 Å². The first kappa shape index (κ1) is 14.5. The van der Waals surface area contributed by atoms with E-state index in [0.717, 1.165) is 31.5 Å². The largest absolute Gasteiger partial charge is 0.481 e. The first-order chi connectivity index (χ1) is 10.00. The topological polar surface area (TPSA) is 92.5 Å². The molecule has 116 valence electrons. The molecule has 1 N–H and O–H groups in total. The molecule has 0 atom stereocenters. The Hall–Kier alpha value is -1.41. The summed E-state index contributed by atoms with van der Waals surface area (Å²) in [7, 11) is -3.55. The zero-order valence-corrected chi connectivity index (χ0v) is 12.5. The molecule has 0 aromatic carbocycles. The van der Waals surface area contributed by atoms with Crippen molar-refractivity contribution in [2.45, 2.75) is 43.5 Å². The van der Waals surface area contributed by atoms with Crippen LogP contribution in [0.5, 0.6) is 0 Å². The third-order valence-electron chi connectivity index (χ3n) is 4.36. The maximum Gasteiger partial charge on any atom is 0.306 e. The molecular weight excluding hydrogens is 294 g/mol. The fraction of sp³-hybridized carbons (Fsp3) is 0.692. The first-order valence-electron chi connectivity index (χ1n) is 7.28. The van der Waals surface area contributed by atoms with Crippen molar-refractivity contribution in [3.63, 3.8) is 0 Å². The highest BCUT2D eigenvalue weighted by Gasteiger charge is 2.34. The van der Waals surface area contributed by atoms with Crippen LogP contribution in [0, 0.1) is 5.92 Å². The molecule has 1 aromatic rings. The Morgan fingerprint density at radius 3 is 2.62 bits per heavy atom. The molecule has 0 saturated carbocycles. The molecule has 1 fully saturated rings. The van der Waals surface area contributed by atoms with Gasteiger partial charge in [-0.1, -0.05) is 0 Å². The Labute approximate surface area is 123 Å². The number of piperidine rings is 1. The zero-order valence-electron chi connectivity index (χ0n) is 11.7. The van der Waals surface area contributed by atoms with Gasteiger partial charge in [0.15, 0.2) is 0 Å². The smallest absolute Gasteiger partial charge is 0.306 e. The maximum atomic E-state index is 12.7. The second-order valence-corrected chi connectivity index (χ2v) is 7.56. The summed E-state index contributed by atoms with van der Waals surface area (Å²) in [5.74, 6) is -1.27. The minimum absolute atomic E-state index is 0.268. The molecule has 21 heavy (non-hydrogen) atoms. The van der Waals surface area contributed by atoms with Gasteiger partial charge in [0.25, 0.3) is 0 Å². The molecular formula is C13H19N3O4S. The lowest BCUT2D eigenvalue weighted by Crippen LogP contribution is -2.40. The Balaban J connectivity index is 1.82. The van der Waals surface area contributed by atoms with Crippen molar-refractivity contribution in [3.05, 3.63) is 11.9 Å². The zero-order chi connectivity index (χ0) is 15.0. The lowest BCUT2D eigenvalue weighted by Gasteiger charge is -2.29. The summed E-state index contributed by atoms with van der Waals surface area (Å²) < 4.78 is 28.6. The number of carboxylic acid groups (broad SMARTS) is 1. The quantitative estimate of drug-likeness (QED) is 0.887. The molecule has 2 aliphatic heterocycles. The highest BCUT2D eigenvalue weighted by atomic mass is 32.2. The molecule has 0 bridgehead atoms. The number of fused-ring (bicyclic) bond motifs is 1. The van der Waals surface area contributed by atoms with Gasteiger partial charge in [0.1, 0.15) is 4.90 Å². The van der Waals surface area contributed by atoms with Crippen LogP contribution in [-0.4, -0.2) is 46.7 Å². The molecule has 1 saturated heterocycles. The number of carboxylic acids is 1. The molecule has 0 amide bonds.